The Hall–Kier alpha value is -2.97. The van der Waals surface area contributed by atoms with Crippen LogP contribution in [0, 0.1) is 0 Å². The van der Waals surface area contributed by atoms with Crippen molar-refractivity contribution in [2.24, 2.45) is 16.0 Å². The third-order valence-electron chi connectivity index (χ3n) is 3.05. The molecule has 0 unspecified atom stereocenters. The summed E-state index contributed by atoms with van der Waals surface area (Å²) < 4.78 is 0. The Labute approximate surface area is 149 Å². The van der Waals surface area contributed by atoms with Gasteiger partial charge in [-0.05, 0) is 42.5 Å². The van der Waals surface area contributed by atoms with Crippen LogP contribution in [-0.4, -0.2) is 35.2 Å². The Kier molecular flexibility index (Phi) is 7.51. The zero-order chi connectivity index (χ0) is 17.5. The van der Waals surface area contributed by atoms with Crippen molar-refractivity contribution in [1.82, 2.24) is 5.32 Å². The van der Waals surface area contributed by atoms with Crippen molar-refractivity contribution in [3.63, 3.8) is 0 Å². The lowest BCUT2D eigenvalue weighted by Gasteiger charge is -2.03. The van der Waals surface area contributed by atoms with Crippen molar-refractivity contribution in [2.45, 2.75) is 0 Å². The molecule has 0 bridgehead atoms. The summed E-state index contributed by atoms with van der Waals surface area (Å²) in [5, 5.41) is 28.9. The Balaban J connectivity index is 0.00000312. The van der Waals surface area contributed by atoms with Crippen molar-refractivity contribution >= 4 is 35.7 Å². The molecule has 2 rings (SSSR count). The van der Waals surface area contributed by atoms with E-state index in [4.69, 9.17) is 10.8 Å². The molecule has 2 aromatic rings. The molecule has 0 saturated heterocycles. The summed E-state index contributed by atoms with van der Waals surface area (Å²) in [5.74, 6) is -1.82. The Bertz CT molecular complexity index is 778. The number of carbonyl (C=O) groups excluding carboxylic acids is 1. The lowest BCUT2D eigenvalue weighted by Crippen LogP contribution is -2.28. The molecule has 9 heteroatoms. The van der Waals surface area contributed by atoms with Crippen molar-refractivity contribution in [2.75, 3.05) is 13.1 Å². The molecule has 0 radical (unpaired) electrons. The van der Waals surface area contributed by atoms with Crippen LogP contribution in [0.15, 0.2) is 52.7 Å². The summed E-state index contributed by atoms with van der Waals surface area (Å²) in [6.07, 6.45) is 0. The number of benzene rings is 2. The van der Waals surface area contributed by atoms with Gasteiger partial charge in [-0.15, -0.1) is 12.4 Å². The SMILES string of the molecule is Cl.NCCNC(=O)c1ccc(N=Nc2ccc(O)c(C(=O)O)c2)cc1. The molecule has 0 aliphatic heterocycles. The fraction of sp³-hybridized carbons (Fsp3) is 0.125. The Morgan fingerprint density at radius 2 is 1.64 bits per heavy atom. The number of hydrogen-bond acceptors (Lipinski definition) is 6. The van der Waals surface area contributed by atoms with Gasteiger partial charge in [0, 0.05) is 18.7 Å². The average Bonchev–Trinajstić information content (AvgIpc) is 2.59. The maximum Gasteiger partial charge on any atom is 0.339 e. The fourth-order valence-corrected chi connectivity index (χ4v) is 1.84. The van der Waals surface area contributed by atoms with E-state index in [1.54, 1.807) is 24.3 Å². The molecule has 0 aromatic heterocycles. The number of hydrogen-bond donors (Lipinski definition) is 4. The van der Waals surface area contributed by atoms with E-state index in [9.17, 15) is 14.7 Å². The second kappa shape index (κ2) is 9.36. The number of rotatable bonds is 6. The van der Waals surface area contributed by atoms with E-state index in [-0.39, 0.29) is 35.3 Å². The summed E-state index contributed by atoms with van der Waals surface area (Å²) in [5.41, 5.74) is 6.32. The van der Waals surface area contributed by atoms with E-state index < -0.39 is 5.97 Å². The van der Waals surface area contributed by atoms with Gasteiger partial charge in [0.1, 0.15) is 11.3 Å². The van der Waals surface area contributed by atoms with Crippen molar-refractivity contribution in [3.8, 4) is 5.75 Å². The number of nitrogens with one attached hydrogen (secondary N) is 1. The molecule has 0 fully saturated rings. The molecule has 5 N–H and O–H groups in total. The first-order chi connectivity index (χ1) is 11.5. The molecule has 1 amide bonds. The van der Waals surface area contributed by atoms with Crippen molar-refractivity contribution in [1.29, 1.82) is 0 Å². The van der Waals surface area contributed by atoms with Gasteiger partial charge < -0.3 is 21.3 Å². The van der Waals surface area contributed by atoms with Gasteiger partial charge in [0.15, 0.2) is 0 Å². The van der Waals surface area contributed by atoms with Crippen molar-refractivity contribution in [3.05, 3.63) is 53.6 Å². The largest absolute Gasteiger partial charge is 0.507 e. The van der Waals surface area contributed by atoms with Crippen LogP contribution in [0.3, 0.4) is 0 Å². The third kappa shape index (κ3) is 5.55. The molecule has 0 aliphatic carbocycles. The first kappa shape index (κ1) is 20.1. The van der Waals surface area contributed by atoms with Crippen LogP contribution in [0.2, 0.25) is 0 Å². The van der Waals surface area contributed by atoms with Gasteiger partial charge >= 0.3 is 5.97 Å². The van der Waals surface area contributed by atoms with Gasteiger partial charge in [-0.25, -0.2) is 4.79 Å². The molecule has 8 nitrogen and oxygen atoms in total. The van der Waals surface area contributed by atoms with Crippen LogP contribution in [0.4, 0.5) is 11.4 Å². The molecule has 0 spiro atoms. The van der Waals surface area contributed by atoms with Gasteiger partial charge in [0.25, 0.3) is 5.91 Å². The normalized spacial score (nSPS) is 10.3. The number of nitrogens with zero attached hydrogens (tertiary/aromatic N) is 2. The topological polar surface area (TPSA) is 137 Å². The van der Waals surface area contributed by atoms with Gasteiger partial charge in [-0.1, -0.05) is 0 Å². The lowest BCUT2D eigenvalue weighted by molar-refractivity contribution is 0.0693. The quantitative estimate of drug-likeness (QED) is 0.584. The predicted molar refractivity (Wildman–Crippen MR) is 94.3 cm³/mol. The smallest absolute Gasteiger partial charge is 0.339 e. The number of carboxylic acid groups (broad SMARTS) is 1. The van der Waals surface area contributed by atoms with Crippen LogP contribution < -0.4 is 11.1 Å². The number of phenols is 1. The number of aromatic hydroxyl groups is 1. The van der Waals surface area contributed by atoms with E-state index in [1.165, 1.54) is 18.2 Å². The number of azo groups is 1. The zero-order valence-corrected chi connectivity index (χ0v) is 13.9. The highest BCUT2D eigenvalue weighted by Gasteiger charge is 2.10. The number of amides is 1. The highest BCUT2D eigenvalue weighted by Crippen LogP contribution is 2.25. The first-order valence-corrected chi connectivity index (χ1v) is 7.07. The van der Waals surface area contributed by atoms with Crippen LogP contribution in [0.1, 0.15) is 20.7 Å². The minimum atomic E-state index is -1.25. The van der Waals surface area contributed by atoms with E-state index in [0.717, 1.165) is 0 Å². The Morgan fingerprint density at radius 3 is 2.24 bits per heavy atom. The van der Waals surface area contributed by atoms with E-state index in [0.29, 0.717) is 24.3 Å². The second-order valence-corrected chi connectivity index (χ2v) is 4.80. The molecule has 0 heterocycles. The van der Waals surface area contributed by atoms with Gasteiger partial charge in [0.05, 0.1) is 11.4 Å². The summed E-state index contributed by atoms with van der Waals surface area (Å²) in [7, 11) is 0. The third-order valence-corrected chi connectivity index (χ3v) is 3.05. The summed E-state index contributed by atoms with van der Waals surface area (Å²) in [4.78, 5) is 22.7. The van der Waals surface area contributed by atoms with E-state index >= 15 is 0 Å². The molecule has 0 aliphatic rings. The summed E-state index contributed by atoms with van der Waals surface area (Å²) in [6, 6.07) is 10.3. The predicted octanol–water partition coefficient (Wildman–Crippen LogP) is 2.62. The molecule has 25 heavy (non-hydrogen) atoms. The molecule has 0 atom stereocenters. The highest BCUT2D eigenvalue weighted by molar-refractivity contribution is 5.94. The van der Waals surface area contributed by atoms with Gasteiger partial charge in [-0.2, -0.15) is 10.2 Å². The molecular weight excluding hydrogens is 348 g/mol. The molecule has 0 saturated carbocycles. The second-order valence-electron chi connectivity index (χ2n) is 4.80. The lowest BCUT2D eigenvalue weighted by atomic mass is 10.2. The Morgan fingerprint density at radius 1 is 1.04 bits per heavy atom. The van der Waals surface area contributed by atoms with Crippen LogP contribution in [0.25, 0.3) is 0 Å². The minimum Gasteiger partial charge on any atom is -0.507 e. The number of carbonyl (C=O) groups is 2. The highest BCUT2D eigenvalue weighted by atomic mass is 35.5. The standard InChI is InChI=1S/C16H16N4O4.ClH/c17-7-8-18-15(22)10-1-3-11(4-2-10)19-20-12-5-6-14(21)13(9-12)16(23)24;/h1-6,9,21H,7-8,17H2,(H,18,22)(H,23,24);1H. The molecular formula is C16H17ClN4O4. The van der Waals surface area contributed by atoms with Crippen LogP contribution in [-0.2, 0) is 0 Å². The monoisotopic (exact) mass is 364 g/mol. The summed E-state index contributed by atoms with van der Waals surface area (Å²) in [6.45, 7) is 0.760. The van der Waals surface area contributed by atoms with Crippen LogP contribution >= 0.6 is 12.4 Å². The first-order valence-electron chi connectivity index (χ1n) is 7.07. The minimum absolute atomic E-state index is 0. The van der Waals surface area contributed by atoms with E-state index in [2.05, 4.69) is 15.5 Å². The number of aromatic carboxylic acids is 1. The fourth-order valence-electron chi connectivity index (χ4n) is 1.84. The number of carboxylic acids is 1. The van der Waals surface area contributed by atoms with E-state index in [1.807, 2.05) is 0 Å². The number of nitrogens with two attached hydrogens (primary N) is 1. The zero-order valence-electron chi connectivity index (χ0n) is 13.0. The summed E-state index contributed by atoms with van der Waals surface area (Å²) >= 11 is 0. The van der Waals surface area contributed by atoms with Gasteiger partial charge in [-0.3, -0.25) is 4.79 Å². The molecule has 2 aromatic carbocycles. The maximum atomic E-state index is 11.7. The average molecular weight is 365 g/mol. The maximum absolute atomic E-state index is 11.7. The van der Waals surface area contributed by atoms with Crippen LogP contribution in [0.5, 0.6) is 5.75 Å². The number of halogens is 1. The van der Waals surface area contributed by atoms with Crippen molar-refractivity contribution < 1.29 is 19.8 Å². The van der Waals surface area contributed by atoms with Gasteiger partial charge in [0.2, 0.25) is 0 Å². The molecule has 132 valence electrons.